The van der Waals surface area contributed by atoms with Crippen molar-refractivity contribution in [3.63, 3.8) is 0 Å². The highest BCUT2D eigenvalue weighted by molar-refractivity contribution is 9.10. The average molecular weight is 682 g/mol. The maximum atomic E-state index is 4.76. The van der Waals surface area contributed by atoms with Gasteiger partial charge in [-0.15, -0.1) is 0 Å². The van der Waals surface area contributed by atoms with E-state index in [1.165, 1.54) is 33.4 Å². The molecule has 0 fully saturated rings. The molecule has 2 nitrogen and oxygen atoms in total. The van der Waals surface area contributed by atoms with Crippen LogP contribution in [0.3, 0.4) is 0 Å². The van der Waals surface area contributed by atoms with Gasteiger partial charge in [-0.05, 0) is 93.0 Å². The molecule has 0 N–H and O–H groups in total. The van der Waals surface area contributed by atoms with E-state index in [1.807, 2.05) is 36.7 Å². The van der Waals surface area contributed by atoms with Crippen molar-refractivity contribution in [2.24, 2.45) is 9.98 Å². The van der Waals surface area contributed by atoms with Crippen molar-refractivity contribution in [3.8, 4) is 11.1 Å². The number of rotatable bonds is 6. The molecule has 0 aromatic heterocycles. The van der Waals surface area contributed by atoms with Gasteiger partial charge in [0, 0.05) is 21.4 Å². The van der Waals surface area contributed by atoms with Crippen LogP contribution in [0.2, 0.25) is 0 Å². The van der Waals surface area contributed by atoms with Crippen molar-refractivity contribution < 1.29 is 0 Å². The number of benzene rings is 6. The minimum Gasteiger partial charge on any atom is -0.256 e. The summed E-state index contributed by atoms with van der Waals surface area (Å²) in [4.78, 5) is 9.52. The summed E-state index contributed by atoms with van der Waals surface area (Å²) >= 11 is 7.00. The lowest BCUT2D eigenvalue weighted by Crippen LogP contribution is -2.28. The highest BCUT2D eigenvalue weighted by Gasteiger charge is 2.45. The number of halogens is 2. The molecule has 0 radical (unpaired) electrons. The molecule has 0 atom stereocenters. The first-order chi connectivity index (χ1) is 21.1. The van der Waals surface area contributed by atoms with Crippen LogP contribution in [-0.2, 0) is 5.41 Å². The van der Waals surface area contributed by atoms with Gasteiger partial charge in [-0.25, -0.2) is 0 Å². The molecule has 0 saturated carbocycles. The second-order valence-electron chi connectivity index (χ2n) is 10.6. The third-order valence-electron chi connectivity index (χ3n) is 8.02. The topological polar surface area (TPSA) is 24.7 Å². The standard InChI is InChI=1S/C39H26Br2N2/c40-31-17-9-27(10-18-31)25-42-33-21-13-29(14-22-33)39(37-7-3-1-5-35(37)36-6-2-4-8-38(36)39)30-15-23-34(24-16-30)43-26-28-11-19-32(41)20-12-28/h1-26H. The zero-order valence-corrected chi connectivity index (χ0v) is 26.3. The monoisotopic (exact) mass is 680 g/mol. The Kier molecular flexibility index (Phi) is 7.48. The second-order valence-corrected chi connectivity index (χ2v) is 12.4. The van der Waals surface area contributed by atoms with E-state index >= 15 is 0 Å². The van der Waals surface area contributed by atoms with E-state index in [0.29, 0.717) is 0 Å². The van der Waals surface area contributed by atoms with Crippen LogP contribution in [0.5, 0.6) is 0 Å². The zero-order valence-electron chi connectivity index (χ0n) is 23.2. The average Bonchev–Trinajstić information content (AvgIpc) is 3.36. The highest BCUT2D eigenvalue weighted by Crippen LogP contribution is 2.56. The molecule has 1 aliphatic rings. The minimum atomic E-state index is -0.463. The van der Waals surface area contributed by atoms with Crippen LogP contribution in [0.4, 0.5) is 11.4 Å². The van der Waals surface area contributed by atoms with Crippen molar-refractivity contribution in [2.45, 2.75) is 5.41 Å². The molecular formula is C39H26Br2N2. The maximum Gasteiger partial charge on any atom is 0.0713 e. The molecule has 6 aromatic carbocycles. The van der Waals surface area contributed by atoms with Crippen LogP contribution < -0.4 is 0 Å². The van der Waals surface area contributed by atoms with Gasteiger partial charge < -0.3 is 0 Å². The second kappa shape index (κ2) is 11.7. The largest absolute Gasteiger partial charge is 0.256 e. The van der Waals surface area contributed by atoms with Crippen LogP contribution in [0.15, 0.2) is 165 Å². The summed E-state index contributed by atoms with van der Waals surface area (Å²) in [5.74, 6) is 0. The Morgan fingerprint density at radius 2 is 0.791 bits per heavy atom. The Morgan fingerprint density at radius 3 is 1.19 bits per heavy atom. The Balaban J connectivity index is 1.31. The summed E-state index contributed by atoms with van der Waals surface area (Å²) in [6.45, 7) is 0. The van der Waals surface area contributed by atoms with Gasteiger partial charge in [-0.3, -0.25) is 9.98 Å². The van der Waals surface area contributed by atoms with Crippen molar-refractivity contribution in [1.29, 1.82) is 0 Å². The van der Waals surface area contributed by atoms with Gasteiger partial charge in [0.1, 0.15) is 0 Å². The predicted octanol–water partition coefficient (Wildman–Crippen LogP) is 11.1. The molecule has 0 aliphatic heterocycles. The van der Waals surface area contributed by atoms with E-state index in [9.17, 15) is 0 Å². The normalized spacial score (nSPS) is 13.3. The van der Waals surface area contributed by atoms with E-state index < -0.39 is 5.41 Å². The molecule has 0 bridgehead atoms. The van der Waals surface area contributed by atoms with Gasteiger partial charge in [-0.2, -0.15) is 0 Å². The van der Waals surface area contributed by atoms with Gasteiger partial charge in [0.2, 0.25) is 0 Å². The van der Waals surface area contributed by atoms with Crippen molar-refractivity contribution >= 4 is 55.7 Å². The van der Waals surface area contributed by atoms with Gasteiger partial charge in [-0.1, -0.05) is 129 Å². The summed E-state index contributed by atoms with van der Waals surface area (Å²) in [6.07, 6.45) is 3.82. The molecule has 0 spiro atoms. The smallest absolute Gasteiger partial charge is 0.0713 e. The number of hydrogen-bond donors (Lipinski definition) is 0. The van der Waals surface area contributed by atoms with Crippen LogP contribution in [0.1, 0.15) is 33.4 Å². The molecule has 0 unspecified atom stereocenters. The van der Waals surface area contributed by atoms with Crippen molar-refractivity contribution in [1.82, 2.24) is 0 Å². The van der Waals surface area contributed by atoms with Crippen LogP contribution in [-0.4, -0.2) is 12.4 Å². The molecule has 6 aromatic rings. The number of nitrogens with zero attached hydrogens (tertiary/aromatic N) is 2. The van der Waals surface area contributed by atoms with Crippen molar-refractivity contribution in [3.05, 3.63) is 188 Å². The number of hydrogen-bond acceptors (Lipinski definition) is 2. The lowest BCUT2D eigenvalue weighted by atomic mass is 9.67. The number of aliphatic imine (C=N–C) groups is 2. The summed E-state index contributed by atoms with van der Waals surface area (Å²) in [5.41, 5.74) is 11.0. The fourth-order valence-corrected chi connectivity index (χ4v) is 6.54. The van der Waals surface area contributed by atoms with Crippen molar-refractivity contribution in [2.75, 3.05) is 0 Å². The summed E-state index contributed by atoms with van der Waals surface area (Å²) < 4.78 is 2.11. The molecule has 206 valence electrons. The first kappa shape index (κ1) is 27.5. The van der Waals surface area contributed by atoms with Gasteiger partial charge in [0.15, 0.2) is 0 Å². The maximum absolute atomic E-state index is 4.76. The molecule has 0 amide bonds. The Labute approximate surface area is 268 Å². The molecule has 4 heteroatoms. The lowest BCUT2D eigenvalue weighted by Gasteiger charge is -2.34. The molecule has 0 saturated heterocycles. The van der Waals surface area contributed by atoms with Gasteiger partial charge in [0.25, 0.3) is 0 Å². The lowest BCUT2D eigenvalue weighted by molar-refractivity contribution is 0.768. The molecule has 43 heavy (non-hydrogen) atoms. The van der Waals surface area contributed by atoms with E-state index in [1.54, 1.807) is 0 Å². The third-order valence-corrected chi connectivity index (χ3v) is 9.08. The minimum absolute atomic E-state index is 0.463. The molecule has 7 rings (SSSR count). The fourth-order valence-electron chi connectivity index (χ4n) is 6.01. The third kappa shape index (κ3) is 5.22. The number of fused-ring (bicyclic) bond motifs is 3. The van der Waals surface area contributed by atoms with Gasteiger partial charge in [0.05, 0.1) is 16.8 Å². The Morgan fingerprint density at radius 1 is 0.419 bits per heavy atom. The van der Waals surface area contributed by atoms with E-state index in [4.69, 9.17) is 9.98 Å². The SMILES string of the molecule is Brc1ccc(C=Nc2ccc(C3(c4ccc(N=Cc5ccc(Br)cc5)cc4)c4ccccc4-c4ccccc43)cc2)cc1. The predicted molar refractivity (Wildman–Crippen MR) is 187 cm³/mol. The summed E-state index contributed by atoms with van der Waals surface area (Å²) in [5, 5.41) is 0. The Hall–Kier alpha value is -4.38. The van der Waals surface area contributed by atoms with E-state index in [-0.39, 0.29) is 0 Å². The fraction of sp³-hybridized carbons (Fsp3) is 0.0256. The molecule has 1 aliphatic carbocycles. The van der Waals surface area contributed by atoms with Crippen LogP contribution in [0, 0.1) is 0 Å². The molecule has 0 heterocycles. The summed E-state index contributed by atoms with van der Waals surface area (Å²) in [7, 11) is 0. The Bertz CT molecular complexity index is 1810. The van der Waals surface area contributed by atoms with Crippen LogP contribution >= 0.6 is 31.9 Å². The summed E-state index contributed by atoms with van der Waals surface area (Å²) in [6, 6.07) is 51.3. The van der Waals surface area contributed by atoms with Crippen LogP contribution in [0.25, 0.3) is 11.1 Å². The van der Waals surface area contributed by atoms with E-state index in [0.717, 1.165) is 31.4 Å². The zero-order chi connectivity index (χ0) is 29.2. The molecular weight excluding hydrogens is 656 g/mol. The first-order valence-corrected chi connectivity index (χ1v) is 15.7. The highest BCUT2D eigenvalue weighted by atomic mass is 79.9. The van der Waals surface area contributed by atoms with E-state index in [2.05, 4.69) is 153 Å². The first-order valence-electron chi connectivity index (χ1n) is 14.1. The quantitative estimate of drug-likeness (QED) is 0.156. The van der Waals surface area contributed by atoms with Gasteiger partial charge >= 0.3 is 0 Å².